The number of ketones is 1. The van der Waals surface area contributed by atoms with E-state index in [0.29, 0.717) is 23.6 Å². The lowest BCUT2D eigenvalue weighted by molar-refractivity contribution is -0.919. The number of nitrogens with one attached hydrogen (secondary N) is 1. The Kier molecular flexibility index (Phi) is 4.70. The monoisotopic (exact) mass is 365 g/mol. The Bertz CT molecular complexity index is 898. The van der Waals surface area contributed by atoms with Gasteiger partial charge in [0.25, 0.3) is 0 Å². The molecule has 5 nitrogen and oxygen atoms in total. The molecule has 0 atom stereocenters. The van der Waals surface area contributed by atoms with Gasteiger partial charge in [-0.05, 0) is 61.1 Å². The van der Waals surface area contributed by atoms with E-state index in [4.69, 9.17) is 4.74 Å². The topological polar surface area (TPSA) is 63.9 Å². The number of piperidine rings is 1. The van der Waals surface area contributed by atoms with Gasteiger partial charge >= 0.3 is 0 Å². The number of nitrogens with zero attached hydrogens (tertiary/aromatic N) is 1. The maximum atomic E-state index is 12.9. The minimum atomic E-state index is -0.122. The lowest BCUT2D eigenvalue weighted by Crippen LogP contribution is -3.11. The molecule has 1 fully saturated rings. The van der Waals surface area contributed by atoms with Crippen LogP contribution in [0.2, 0.25) is 0 Å². The molecular weight excluding hydrogens is 340 g/mol. The zero-order valence-corrected chi connectivity index (χ0v) is 15.8. The molecule has 0 amide bonds. The minimum absolute atomic E-state index is 0.122. The normalized spacial score (nSPS) is 23.3. The largest absolute Gasteiger partial charge is 0.507 e. The summed E-state index contributed by atoms with van der Waals surface area (Å²) < 4.78 is 6.00. The summed E-state index contributed by atoms with van der Waals surface area (Å²) >= 11 is 0. The van der Waals surface area contributed by atoms with Gasteiger partial charge in [-0.25, -0.2) is 0 Å². The van der Waals surface area contributed by atoms with Gasteiger partial charge in [-0.1, -0.05) is 6.92 Å². The Morgan fingerprint density at radius 1 is 1.30 bits per heavy atom. The number of hydrogen-bond acceptors (Lipinski definition) is 4. The van der Waals surface area contributed by atoms with Crippen LogP contribution in [0, 0.1) is 12.8 Å². The number of aryl methyl sites for hydroxylation is 1. The average molecular weight is 365 g/mol. The number of phenolic OH excluding ortho intramolecular Hbond substituents is 1. The predicted molar refractivity (Wildman–Crippen MR) is 103 cm³/mol. The first kappa shape index (κ1) is 17.7. The first-order chi connectivity index (χ1) is 13.0. The van der Waals surface area contributed by atoms with E-state index in [1.54, 1.807) is 24.5 Å². The Balaban J connectivity index is 1.67. The van der Waals surface area contributed by atoms with Crippen LogP contribution in [0.25, 0.3) is 6.08 Å². The number of carbonyl (C=O) groups is 1. The molecular formula is C22H25N2O3+. The second-order valence-electron chi connectivity index (χ2n) is 7.72. The summed E-state index contributed by atoms with van der Waals surface area (Å²) in [4.78, 5) is 18.3. The second kappa shape index (κ2) is 7.16. The van der Waals surface area contributed by atoms with Crippen LogP contribution in [0.1, 0.15) is 46.8 Å². The van der Waals surface area contributed by atoms with E-state index in [1.807, 2.05) is 19.1 Å². The molecule has 0 unspecified atom stereocenters. The molecule has 2 aliphatic rings. The standard InChI is InChI=1S/C22H24N2O3/c1-14-5-9-24(10-6-14)13-17-18(25)11-15(2)20-21(26)19(27-22(17)20)12-16-3-7-23-8-4-16/h3-4,7-8,11-12,14,25H,5-6,9-10,13H2,1-2H3/p+1/b19-12-. The van der Waals surface area contributed by atoms with Gasteiger partial charge in [-0.2, -0.15) is 0 Å². The lowest BCUT2D eigenvalue weighted by atomic mass is 9.96. The fraction of sp³-hybridized carbons (Fsp3) is 0.364. The van der Waals surface area contributed by atoms with Crippen molar-refractivity contribution in [1.29, 1.82) is 0 Å². The third-order valence-corrected chi connectivity index (χ3v) is 5.63. The Labute approximate surface area is 159 Å². The number of likely N-dealkylation sites (tertiary alicyclic amines) is 1. The number of carbonyl (C=O) groups excluding carboxylic acids is 1. The molecule has 0 bridgehead atoms. The molecule has 0 aliphatic carbocycles. The van der Waals surface area contributed by atoms with Crippen molar-refractivity contribution in [2.75, 3.05) is 13.1 Å². The van der Waals surface area contributed by atoms with Crippen molar-refractivity contribution in [2.45, 2.75) is 33.2 Å². The smallest absolute Gasteiger partial charge is 0.232 e. The van der Waals surface area contributed by atoms with E-state index in [1.165, 1.54) is 17.7 Å². The molecule has 0 radical (unpaired) electrons. The number of benzene rings is 1. The fourth-order valence-corrected chi connectivity index (χ4v) is 3.96. The number of rotatable bonds is 3. The molecule has 1 saturated heterocycles. The van der Waals surface area contributed by atoms with Crippen LogP contribution < -0.4 is 9.64 Å². The van der Waals surface area contributed by atoms with E-state index in [-0.39, 0.29) is 11.5 Å². The maximum Gasteiger partial charge on any atom is 0.232 e. The molecule has 1 aromatic carbocycles. The highest BCUT2D eigenvalue weighted by Crippen LogP contribution is 2.41. The lowest BCUT2D eigenvalue weighted by Gasteiger charge is -2.28. The van der Waals surface area contributed by atoms with E-state index >= 15 is 0 Å². The highest BCUT2D eigenvalue weighted by molar-refractivity contribution is 6.15. The van der Waals surface area contributed by atoms with E-state index < -0.39 is 0 Å². The molecule has 4 rings (SSSR count). The highest BCUT2D eigenvalue weighted by atomic mass is 16.5. The van der Waals surface area contributed by atoms with Gasteiger partial charge in [-0.15, -0.1) is 0 Å². The van der Waals surface area contributed by atoms with Crippen LogP contribution in [-0.2, 0) is 6.54 Å². The van der Waals surface area contributed by atoms with Crippen LogP contribution in [-0.4, -0.2) is 29.0 Å². The third-order valence-electron chi connectivity index (χ3n) is 5.63. The Morgan fingerprint density at radius 2 is 2.00 bits per heavy atom. The number of fused-ring (bicyclic) bond motifs is 1. The minimum Gasteiger partial charge on any atom is -0.507 e. The predicted octanol–water partition coefficient (Wildman–Crippen LogP) is 2.53. The summed E-state index contributed by atoms with van der Waals surface area (Å²) in [5, 5.41) is 10.6. The van der Waals surface area contributed by atoms with Crippen molar-refractivity contribution in [3.63, 3.8) is 0 Å². The molecule has 27 heavy (non-hydrogen) atoms. The number of aromatic hydroxyl groups is 1. The van der Waals surface area contributed by atoms with Gasteiger partial charge < -0.3 is 14.7 Å². The molecule has 1 aromatic heterocycles. The van der Waals surface area contributed by atoms with Crippen molar-refractivity contribution in [3.8, 4) is 11.5 Å². The van der Waals surface area contributed by atoms with E-state index in [9.17, 15) is 9.90 Å². The van der Waals surface area contributed by atoms with Gasteiger partial charge in [0, 0.05) is 12.4 Å². The highest BCUT2D eigenvalue weighted by Gasteiger charge is 2.34. The molecule has 2 N–H and O–H groups in total. The molecule has 2 aromatic rings. The van der Waals surface area contributed by atoms with Crippen molar-refractivity contribution < 1.29 is 19.5 Å². The van der Waals surface area contributed by atoms with Gasteiger partial charge in [-0.3, -0.25) is 9.78 Å². The number of allylic oxidation sites excluding steroid dienone is 1. The number of ether oxygens (including phenoxy) is 1. The zero-order chi connectivity index (χ0) is 19.0. The Hall–Kier alpha value is -2.66. The van der Waals surface area contributed by atoms with Crippen LogP contribution >= 0.6 is 0 Å². The molecule has 0 saturated carbocycles. The van der Waals surface area contributed by atoms with Crippen molar-refractivity contribution >= 4 is 11.9 Å². The van der Waals surface area contributed by atoms with E-state index in [0.717, 1.165) is 35.7 Å². The zero-order valence-electron chi connectivity index (χ0n) is 15.8. The van der Waals surface area contributed by atoms with Crippen LogP contribution in [0.4, 0.5) is 0 Å². The van der Waals surface area contributed by atoms with Gasteiger partial charge in [0.05, 0.1) is 24.2 Å². The van der Waals surface area contributed by atoms with Crippen LogP contribution in [0.15, 0.2) is 36.4 Å². The average Bonchev–Trinajstić information content (AvgIpc) is 2.98. The number of pyridine rings is 1. The fourth-order valence-electron chi connectivity index (χ4n) is 3.96. The number of phenols is 1. The third kappa shape index (κ3) is 3.47. The quantitative estimate of drug-likeness (QED) is 0.821. The number of hydrogen-bond donors (Lipinski definition) is 2. The SMILES string of the molecule is Cc1cc(O)c(C[NH+]2CCC(C)CC2)c2c1C(=O)/C(=C/c1ccncc1)O2. The second-order valence-corrected chi connectivity index (χ2v) is 7.72. The van der Waals surface area contributed by atoms with Crippen LogP contribution in [0.3, 0.4) is 0 Å². The first-order valence-electron chi connectivity index (χ1n) is 9.56. The van der Waals surface area contributed by atoms with Crippen molar-refractivity contribution in [1.82, 2.24) is 4.98 Å². The summed E-state index contributed by atoms with van der Waals surface area (Å²) in [6.45, 7) is 6.97. The van der Waals surface area contributed by atoms with Gasteiger partial charge in [0.2, 0.25) is 5.78 Å². The molecule has 2 aliphatic heterocycles. The van der Waals surface area contributed by atoms with Crippen molar-refractivity contribution in [2.24, 2.45) is 5.92 Å². The number of quaternary nitrogens is 1. The Morgan fingerprint density at radius 3 is 2.70 bits per heavy atom. The van der Waals surface area contributed by atoms with Gasteiger partial charge in [0.15, 0.2) is 11.5 Å². The summed E-state index contributed by atoms with van der Waals surface area (Å²) in [5.41, 5.74) is 2.93. The number of aromatic nitrogens is 1. The summed E-state index contributed by atoms with van der Waals surface area (Å²) in [6, 6.07) is 5.35. The number of Topliss-reactive ketones (excluding diaryl/α,β-unsaturated/α-hetero) is 1. The summed E-state index contributed by atoms with van der Waals surface area (Å²) in [6.07, 6.45) is 7.48. The van der Waals surface area contributed by atoms with E-state index in [2.05, 4.69) is 11.9 Å². The first-order valence-corrected chi connectivity index (χ1v) is 9.56. The summed E-state index contributed by atoms with van der Waals surface area (Å²) in [5.74, 6) is 1.69. The van der Waals surface area contributed by atoms with Gasteiger partial charge in [0.1, 0.15) is 12.3 Å². The van der Waals surface area contributed by atoms with Crippen LogP contribution in [0.5, 0.6) is 11.5 Å². The molecule has 140 valence electrons. The molecule has 0 spiro atoms. The maximum absolute atomic E-state index is 12.9. The summed E-state index contributed by atoms with van der Waals surface area (Å²) in [7, 11) is 0. The molecule has 5 heteroatoms. The van der Waals surface area contributed by atoms with Crippen molar-refractivity contribution in [3.05, 3.63) is 58.6 Å². The molecule has 3 heterocycles.